The highest BCUT2D eigenvalue weighted by Crippen LogP contribution is 2.30. The average Bonchev–Trinajstić information content (AvgIpc) is 2.71. The van der Waals surface area contributed by atoms with Crippen LogP contribution in [0.1, 0.15) is 16.8 Å². The van der Waals surface area contributed by atoms with Gasteiger partial charge in [-0.2, -0.15) is 5.10 Å². The normalized spacial score (nSPS) is 10.7. The maximum atomic E-state index is 6.21. The van der Waals surface area contributed by atoms with Crippen molar-refractivity contribution in [2.45, 2.75) is 20.0 Å². The molecular weight excluding hydrogens is 290 g/mol. The molecule has 0 aliphatic rings. The van der Waals surface area contributed by atoms with Crippen molar-refractivity contribution in [2.75, 3.05) is 13.7 Å². The van der Waals surface area contributed by atoms with Crippen molar-refractivity contribution in [2.24, 2.45) is 12.8 Å². The number of ether oxygens (including phenoxy) is 2. The van der Waals surface area contributed by atoms with Gasteiger partial charge in [0.25, 0.3) is 0 Å². The fraction of sp³-hybridized carbons (Fsp3) is 0.400. The van der Waals surface area contributed by atoms with E-state index in [2.05, 4.69) is 5.10 Å². The van der Waals surface area contributed by atoms with Crippen LogP contribution in [0, 0.1) is 6.92 Å². The number of halogens is 1. The molecule has 0 saturated heterocycles. The fourth-order valence-electron chi connectivity index (χ4n) is 2.14. The lowest BCUT2D eigenvalue weighted by atomic mass is 10.1. The van der Waals surface area contributed by atoms with E-state index in [4.69, 9.17) is 26.8 Å². The number of aryl methyl sites for hydroxylation is 2. The summed E-state index contributed by atoms with van der Waals surface area (Å²) in [5.41, 5.74) is 8.44. The molecule has 114 valence electrons. The molecule has 5 nitrogen and oxygen atoms in total. The Morgan fingerprint density at radius 2 is 2.10 bits per heavy atom. The zero-order valence-electron chi connectivity index (χ0n) is 12.5. The van der Waals surface area contributed by atoms with Crippen LogP contribution < -0.4 is 15.2 Å². The van der Waals surface area contributed by atoms with Gasteiger partial charge in [-0.1, -0.05) is 17.7 Å². The zero-order chi connectivity index (χ0) is 15.4. The van der Waals surface area contributed by atoms with Crippen LogP contribution in [0.15, 0.2) is 18.2 Å². The van der Waals surface area contributed by atoms with Crippen molar-refractivity contribution in [3.05, 3.63) is 40.2 Å². The van der Waals surface area contributed by atoms with Gasteiger partial charge in [-0.05, 0) is 37.6 Å². The molecule has 0 bridgehead atoms. The number of nitrogens with two attached hydrogens (primary N) is 1. The van der Waals surface area contributed by atoms with E-state index < -0.39 is 0 Å². The Kier molecular flexibility index (Phi) is 5.09. The Labute approximate surface area is 129 Å². The number of rotatable bonds is 6. The summed E-state index contributed by atoms with van der Waals surface area (Å²) in [5, 5.41) is 4.86. The van der Waals surface area contributed by atoms with Gasteiger partial charge in [-0.15, -0.1) is 0 Å². The molecule has 0 spiro atoms. The van der Waals surface area contributed by atoms with Gasteiger partial charge >= 0.3 is 0 Å². The largest absolute Gasteiger partial charge is 0.493 e. The number of hydrogen-bond acceptors (Lipinski definition) is 4. The first kappa shape index (κ1) is 15.7. The first-order valence-electron chi connectivity index (χ1n) is 6.74. The summed E-state index contributed by atoms with van der Waals surface area (Å²) in [7, 11) is 3.42. The third-order valence-electron chi connectivity index (χ3n) is 3.30. The summed E-state index contributed by atoms with van der Waals surface area (Å²) in [6.45, 7) is 2.85. The van der Waals surface area contributed by atoms with Crippen LogP contribution in [0.5, 0.6) is 11.5 Å². The monoisotopic (exact) mass is 309 g/mol. The van der Waals surface area contributed by atoms with E-state index in [1.807, 2.05) is 25.1 Å². The van der Waals surface area contributed by atoms with Gasteiger partial charge in [-0.3, -0.25) is 4.68 Å². The second-order valence-corrected chi connectivity index (χ2v) is 5.15. The Balaban J connectivity index is 2.20. The molecule has 2 N–H and O–H groups in total. The van der Waals surface area contributed by atoms with Gasteiger partial charge in [0.1, 0.15) is 11.8 Å². The lowest BCUT2D eigenvalue weighted by Crippen LogP contribution is -2.04. The summed E-state index contributed by atoms with van der Waals surface area (Å²) >= 11 is 6.21. The molecule has 0 fully saturated rings. The first-order valence-corrected chi connectivity index (χ1v) is 7.12. The van der Waals surface area contributed by atoms with Gasteiger partial charge in [0.15, 0.2) is 11.5 Å². The minimum absolute atomic E-state index is 0.348. The standard InChI is InChI=1S/C15H20ClN3O2/c1-10-12(15(16)19(2)18-10)9-21-14-8-11(6-7-17)4-5-13(14)20-3/h4-5,8H,6-7,9,17H2,1-3H3. The van der Waals surface area contributed by atoms with Crippen LogP contribution in [-0.4, -0.2) is 23.4 Å². The van der Waals surface area contributed by atoms with Crippen molar-refractivity contribution in [3.63, 3.8) is 0 Å². The van der Waals surface area contributed by atoms with E-state index in [0.29, 0.717) is 29.8 Å². The van der Waals surface area contributed by atoms with E-state index in [0.717, 1.165) is 23.2 Å². The molecular formula is C15H20ClN3O2. The molecule has 0 aliphatic heterocycles. The van der Waals surface area contributed by atoms with Crippen LogP contribution in [0.2, 0.25) is 5.15 Å². The molecule has 2 aromatic rings. The molecule has 6 heteroatoms. The number of methoxy groups -OCH3 is 1. The van der Waals surface area contributed by atoms with Crippen LogP contribution in [0.25, 0.3) is 0 Å². The third kappa shape index (κ3) is 3.49. The predicted octanol–water partition coefficient (Wildman–Crippen LogP) is 2.47. The van der Waals surface area contributed by atoms with Gasteiger partial charge in [0.2, 0.25) is 0 Å². The summed E-state index contributed by atoms with van der Waals surface area (Å²) in [5.74, 6) is 1.37. The smallest absolute Gasteiger partial charge is 0.161 e. The topological polar surface area (TPSA) is 62.3 Å². The Morgan fingerprint density at radius 3 is 2.67 bits per heavy atom. The average molecular weight is 310 g/mol. The molecule has 1 heterocycles. The first-order chi connectivity index (χ1) is 10.1. The molecule has 1 aromatic carbocycles. The highest BCUT2D eigenvalue weighted by molar-refractivity contribution is 6.30. The van der Waals surface area contributed by atoms with Crippen molar-refractivity contribution in [3.8, 4) is 11.5 Å². The van der Waals surface area contributed by atoms with Gasteiger partial charge in [0.05, 0.1) is 12.8 Å². The summed E-state index contributed by atoms with van der Waals surface area (Å²) in [6.07, 6.45) is 0.799. The Morgan fingerprint density at radius 1 is 1.33 bits per heavy atom. The highest BCUT2D eigenvalue weighted by Gasteiger charge is 2.13. The van der Waals surface area contributed by atoms with E-state index in [-0.39, 0.29) is 0 Å². The second-order valence-electron chi connectivity index (χ2n) is 4.79. The molecule has 0 amide bonds. The Bertz CT molecular complexity index is 626. The minimum atomic E-state index is 0.348. The molecule has 1 aromatic heterocycles. The predicted molar refractivity (Wildman–Crippen MR) is 83.0 cm³/mol. The summed E-state index contributed by atoms with van der Waals surface area (Å²) < 4.78 is 12.8. The summed E-state index contributed by atoms with van der Waals surface area (Å²) in [6, 6.07) is 5.82. The number of benzene rings is 1. The lowest BCUT2D eigenvalue weighted by molar-refractivity contribution is 0.283. The van der Waals surface area contributed by atoms with E-state index >= 15 is 0 Å². The molecule has 0 radical (unpaired) electrons. The zero-order valence-corrected chi connectivity index (χ0v) is 13.3. The Hall–Kier alpha value is -1.72. The van der Waals surface area contributed by atoms with Crippen molar-refractivity contribution < 1.29 is 9.47 Å². The number of aromatic nitrogens is 2. The van der Waals surface area contributed by atoms with Gasteiger partial charge in [-0.25, -0.2) is 0 Å². The quantitative estimate of drug-likeness (QED) is 0.890. The van der Waals surface area contributed by atoms with Crippen molar-refractivity contribution in [1.82, 2.24) is 9.78 Å². The molecule has 0 aliphatic carbocycles. The van der Waals surface area contributed by atoms with Gasteiger partial charge in [0, 0.05) is 12.6 Å². The van der Waals surface area contributed by atoms with Gasteiger partial charge < -0.3 is 15.2 Å². The number of hydrogen-bond donors (Lipinski definition) is 1. The summed E-state index contributed by atoms with van der Waals surface area (Å²) in [4.78, 5) is 0. The molecule has 0 atom stereocenters. The van der Waals surface area contributed by atoms with Crippen LogP contribution in [0.3, 0.4) is 0 Å². The minimum Gasteiger partial charge on any atom is -0.493 e. The van der Waals surface area contributed by atoms with Crippen LogP contribution in [0.4, 0.5) is 0 Å². The van der Waals surface area contributed by atoms with Crippen LogP contribution in [-0.2, 0) is 20.1 Å². The molecule has 0 unspecified atom stereocenters. The van der Waals surface area contributed by atoms with E-state index in [1.54, 1.807) is 18.8 Å². The lowest BCUT2D eigenvalue weighted by Gasteiger charge is -2.12. The molecule has 0 saturated carbocycles. The maximum Gasteiger partial charge on any atom is 0.161 e. The van der Waals surface area contributed by atoms with Crippen molar-refractivity contribution in [1.29, 1.82) is 0 Å². The molecule has 2 rings (SSSR count). The third-order valence-corrected chi connectivity index (χ3v) is 3.78. The highest BCUT2D eigenvalue weighted by atomic mass is 35.5. The van der Waals surface area contributed by atoms with E-state index in [9.17, 15) is 0 Å². The number of nitrogens with zero attached hydrogens (tertiary/aromatic N) is 2. The van der Waals surface area contributed by atoms with Crippen molar-refractivity contribution >= 4 is 11.6 Å². The maximum absolute atomic E-state index is 6.21. The SMILES string of the molecule is COc1ccc(CCN)cc1OCc1c(C)nn(C)c1Cl. The fourth-order valence-corrected chi connectivity index (χ4v) is 2.37. The second kappa shape index (κ2) is 6.83. The van der Waals surface area contributed by atoms with E-state index in [1.165, 1.54) is 0 Å². The van der Waals surface area contributed by atoms with Crippen LogP contribution >= 0.6 is 11.6 Å². The molecule has 21 heavy (non-hydrogen) atoms.